The van der Waals surface area contributed by atoms with Crippen LogP contribution in [0.2, 0.25) is 0 Å². The molecular formula is C20H18N4O. The number of nitrogens with one attached hydrogen (secondary N) is 3. The summed E-state index contributed by atoms with van der Waals surface area (Å²) in [7, 11) is 0. The fourth-order valence-corrected chi connectivity index (χ4v) is 2.94. The smallest absolute Gasteiger partial charge is 0.267 e. The van der Waals surface area contributed by atoms with Crippen LogP contribution in [0.25, 0.3) is 21.7 Å². The molecule has 0 aliphatic rings. The number of pyridine rings is 1. The molecule has 0 saturated carbocycles. The first kappa shape index (κ1) is 15.2. The van der Waals surface area contributed by atoms with Gasteiger partial charge in [0, 0.05) is 30.2 Å². The lowest BCUT2D eigenvalue weighted by molar-refractivity contribution is 0.0951. The van der Waals surface area contributed by atoms with Crippen molar-refractivity contribution in [3.63, 3.8) is 0 Å². The molecule has 0 unspecified atom stereocenters. The second-order valence-electron chi connectivity index (χ2n) is 5.83. The molecule has 2 aromatic carbocycles. The van der Waals surface area contributed by atoms with Crippen molar-refractivity contribution >= 4 is 33.4 Å². The summed E-state index contributed by atoms with van der Waals surface area (Å²) in [6, 6.07) is 19.8. The van der Waals surface area contributed by atoms with Gasteiger partial charge in [-0.05, 0) is 35.0 Å². The quantitative estimate of drug-likeness (QED) is 0.490. The van der Waals surface area contributed by atoms with Crippen molar-refractivity contribution in [1.82, 2.24) is 15.3 Å². The Labute approximate surface area is 145 Å². The third-order valence-electron chi connectivity index (χ3n) is 4.15. The number of anilines is 1. The number of hydrogen-bond donors (Lipinski definition) is 3. The monoisotopic (exact) mass is 330 g/mol. The van der Waals surface area contributed by atoms with E-state index < -0.39 is 0 Å². The van der Waals surface area contributed by atoms with Crippen LogP contribution in [0.15, 0.2) is 66.9 Å². The SMILES string of the molecule is O=C(NCCNc1ccccn1)c1cc2c(ccc3ccccc32)[nH]1. The van der Waals surface area contributed by atoms with Gasteiger partial charge in [-0.1, -0.05) is 36.4 Å². The van der Waals surface area contributed by atoms with E-state index in [1.165, 1.54) is 5.39 Å². The van der Waals surface area contributed by atoms with Gasteiger partial charge in [0.05, 0.1) is 0 Å². The Morgan fingerprint density at radius 3 is 2.72 bits per heavy atom. The van der Waals surface area contributed by atoms with Gasteiger partial charge < -0.3 is 15.6 Å². The van der Waals surface area contributed by atoms with E-state index in [2.05, 4.69) is 38.8 Å². The lowest BCUT2D eigenvalue weighted by Crippen LogP contribution is -2.29. The summed E-state index contributed by atoms with van der Waals surface area (Å²) in [6.45, 7) is 1.14. The predicted octanol–water partition coefficient (Wildman–Crippen LogP) is 3.56. The van der Waals surface area contributed by atoms with Gasteiger partial charge in [0.25, 0.3) is 5.91 Å². The third kappa shape index (κ3) is 3.17. The molecule has 3 N–H and O–H groups in total. The van der Waals surface area contributed by atoms with Gasteiger partial charge in [0.2, 0.25) is 0 Å². The minimum absolute atomic E-state index is 0.108. The van der Waals surface area contributed by atoms with Crippen molar-refractivity contribution in [2.24, 2.45) is 0 Å². The Hall–Kier alpha value is -3.34. The molecule has 4 rings (SSSR count). The molecule has 25 heavy (non-hydrogen) atoms. The Morgan fingerprint density at radius 1 is 0.960 bits per heavy atom. The lowest BCUT2D eigenvalue weighted by Gasteiger charge is -2.06. The van der Waals surface area contributed by atoms with E-state index in [1.54, 1.807) is 6.20 Å². The highest BCUT2D eigenvalue weighted by molar-refractivity contribution is 6.09. The minimum atomic E-state index is -0.108. The number of aromatic amines is 1. The molecular weight excluding hydrogens is 312 g/mol. The summed E-state index contributed by atoms with van der Waals surface area (Å²) >= 11 is 0. The normalized spacial score (nSPS) is 10.9. The van der Waals surface area contributed by atoms with Gasteiger partial charge >= 0.3 is 0 Å². The standard InChI is InChI=1S/C20H18N4O/c25-20(23-12-11-22-19-7-3-4-10-21-19)18-13-16-15-6-2-1-5-14(15)8-9-17(16)24-18/h1-10,13,24H,11-12H2,(H,21,22)(H,23,25). The van der Waals surface area contributed by atoms with E-state index in [0.29, 0.717) is 18.8 Å². The van der Waals surface area contributed by atoms with Crippen LogP contribution in [0.5, 0.6) is 0 Å². The Kier molecular flexibility index (Phi) is 4.04. The van der Waals surface area contributed by atoms with Crippen molar-refractivity contribution in [2.45, 2.75) is 0 Å². The number of carbonyl (C=O) groups excluding carboxylic acids is 1. The summed E-state index contributed by atoms with van der Waals surface area (Å²) in [5.74, 6) is 0.692. The van der Waals surface area contributed by atoms with E-state index in [1.807, 2.05) is 42.5 Å². The van der Waals surface area contributed by atoms with Crippen molar-refractivity contribution in [3.8, 4) is 0 Å². The van der Waals surface area contributed by atoms with E-state index in [0.717, 1.165) is 22.1 Å². The zero-order chi connectivity index (χ0) is 17.1. The van der Waals surface area contributed by atoms with Gasteiger partial charge in [-0.25, -0.2) is 4.98 Å². The molecule has 2 heterocycles. The average molecular weight is 330 g/mol. The van der Waals surface area contributed by atoms with Crippen LogP contribution in [-0.4, -0.2) is 29.0 Å². The average Bonchev–Trinajstić information content (AvgIpc) is 3.11. The minimum Gasteiger partial charge on any atom is -0.368 e. The molecule has 0 aliphatic carbocycles. The number of benzene rings is 2. The molecule has 0 bridgehead atoms. The maximum Gasteiger partial charge on any atom is 0.267 e. The van der Waals surface area contributed by atoms with Crippen LogP contribution >= 0.6 is 0 Å². The number of amides is 1. The highest BCUT2D eigenvalue weighted by Crippen LogP contribution is 2.25. The highest BCUT2D eigenvalue weighted by Gasteiger charge is 2.10. The first-order valence-corrected chi connectivity index (χ1v) is 8.25. The Bertz CT molecular complexity index is 1020. The lowest BCUT2D eigenvalue weighted by atomic mass is 10.1. The largest absolute Gasteiger partial charge is 0.368 e. The van der Waals surface area contributed by atoms with E-state index in [-0.39, 0.29) is 5.91 Å². The maximum absolute atomic E-state index is 12.4. The number of aromatic nitrogens is 2. The first-order valence-electron chi connectivity index (χ1n) is 8.25. The van der Waals surface area contributed by atoms with Crippen LogP contribution in [0.3, 0.4) is 0 Å². The van der Waals surface area contributed by atoms with Crippen molar-refractivity contribution < 1.29 is 4.79 Å². The van der Waals surface area contributed by atoms with Crippen LogP contribution in [0.1, 0.15) is 10.5 Å². The molecule has 1 amide bonds. The fourth-order valence-electron chi connectivity index (χ4n) is 2.94. The van der Waals surface area contributed by atoms with E-state index in [9.17, 15) is 4.79 Å². The number of hydrogen-bond acceptors (Lipinski definition) is 3. The predicted molar refractivity (Wildman–Crippen MR) is 101 cm³/mol. The second-order valence-corrected chi connectivity index (χ2v) is 5.83. The van der Waals surface area contributed by atoms with Gasteiger partial charge in [0.15, 0.2) is 0 Å². The van der Waals surface area contributed by atoms with Crippen LogP contribution in [0.4, 0.5) is 5.82 Å². The summed E-state index contributed by atoms with van der Waals surface area (Å²) in [6.07, 6.45) is 1.73. The molecule has 0 aliphatic heterocycles. The molecule has 0 radical (unpaired) electrons. The Balaban J connectivity index is 1.44. The first-order chi connectivity index (χ1) is 12.3. The van der Waals surface area contributed by atoms with Crippen molar-refractivity contribution in [1.29, 1.82) is 0 Å². The Morgan fingerprint density at radius 2 is 1.84 bits per heavy atom. The third-order valence-corrected chi connectivity index (χ3v) is 4.15. The molecule has 124 valence electrons. The number of rotatable bonds is 5. The molecule has 0 saturated heterocycles. The van der Waals surface area contributed by atoms with Crippen molar-refractivity contribution in [2.75, 3.05) is 18.4 Å². The maximum atomic E-state index is 12.4. The van der Waals surface area contributed by atoms with Crippen LogP contribution < -0.4 is 10.6 Å². The number of carbonyl (C=O) groups is 1. The van der Waals surface area contributed by atoms with Gasteiger partial charge in [-0.2, -0.15) is 0 Å². The molecule has 0 atom stereocenters. The second kappa shape index (κ2) is 6.65. The van der Waals surface area contributed by atoms with Gasteiger partial charge in [-0.15, -0.1) is 0 Å². The molecule has 4 aromatic rings. The molecule has 2 aromatic heterocycles. The molecule has 0 spiro atoms. The number of H-pyrrole nitrogens is 1. The highest BCUT2D eigenvalue weighted by atomic mass is 16.1. The zero-order valence-corrected chi connectivity index (χ0v) is 13.6. The van der Waals surface area contributed by atoms with Crippen molar-refractivity contribution in [3.05, 3.63) is 72.6 Å². The molecule has 0 fully saturated rings. The fraction of sp³-hybridized carbons (Fsp3) is 0.100. The van der Waals surface area contributed by atoms with Crippen LogP contribution in [-0.2, 0) is 0 Å². The van der Waals surface area contributed by atoms with E-state index >= 15 is 0 Å². The molecule has 5 nitrogen and oxygen atoms in total. The summed E-state index contributed by atoms with van der Waals surface area (Å²) in [5, 5.41) is 9.46. The summed E-state index contributed by atoms with van der Waals surface area (Å²) in [5.41, 5.74) is 1.54. The van der Waals surface area contributed by atoms with Gasteiger partial charge in [0.1, 0.15) is 11.5 Å². The summed E-state index contributed by atoms with van der Waals surface area (Å²) in [4.78, 5) is 19.8. The van der Waals surface area contributed by atoms with E-state index in [4.69, 9.17) is 0 Å². The zero-order valence-electron chi connectivity index (χ0n) is 13.6. The summed E-state index contributed by atoms with van der Waals surface area (Å²) < 4.78 is 0. The number of fused-ring (bicyclic) bond motifs is 3. The number of nitrogens with zero attached hydrogens (tertiary/aromatic N) is 1. The van der Waals surface area contributed by atoms with Crippen LogP contribution in [0, 0.1) is 0 Å². The topological polar surface area (TPSA) is 69.8 Å². The molecule has 5 heteroatoms. The van der Waals surface area contributed by atoms with Gasteiger partial charge in [-0.3, -0.25) is 4.79 Å².